The highest BCUT2D eigenvalue weighted by Gasteiger charge is 2.22. The van der Waals surface area contributed by atoms with E-state index >= 15 is 0 Å². The van der Waals surface area contributed by atoms with Gasteiger partial charge in [0, 0.05) is 0 Å². The van der Waals surface area contributed by atoms with Gasteiger partial charge in [-0.05, 0) is 64.2 Å². The molecular formula is C38H69NO4. The van der Waals surface area contributed by atoms with Crippen molar-refractivity contribution < 1.29 is 20.1 Å². The number of allylic oxidation sites excluding steroid dienone is 7. The minimum Gasteiger partial charge on any atom is -0.394 e. The molecule has 0 heterocycles. The van der Waals surface area contributed by atoms with Crippen molar-refractivity contribution in [1.82, 2.24) is 5.32 Å². The van der Waals surface area contributed by atoms with Crippen molar-refractivity contribution in [3.05, 3.63) is 48.6 Å². The van der Waals surface area contributed by atoms with Gasteiger partial charge in [-0.2, -0.15) is 0 Å². The molecule has 5 nitrogen and oxygen atoms in total. The van der Waals surface area contributed by atoms with E-state index in [-0.39, 0.29) is 6.61 Å². The number of carbonyl (C=O) groups is 1. The second-order valence-corrected chi connectivity index (χ2v) is 12.1. The van der Waals surface area contributed by atoms with E-state index in [9.17, 15) is 20.1 Å². The molecule has 0 saturated carbocycles. The van der Waals surface area contributed by atoms with Gasteiger partial charge in [-0.25, -0.2) is 0 Å². The summed E-state index contributed by atoms with van der Waals surface area (Å²) in [5, 5.41) is 32.8. The van der Waals surface area contributed by atoms with Crippen LogP contribution in [0.2, 0.25) is 0 Å². The van der Waals surface area contributed by atoms with E-state index in [2.05, 4.69) is 55.6 Å². The molecule has 5 heteroatoms. The molecule has 0 aromatic carbocycles. The standard InChI is InChI=1S/C38H69NO4/c1-3-5-7-9-11-13-15-17-18-19-20-21-23-25-27-29-31-33-37(42)38(43)39-35(34-40)36(41)32-30-28-26-24-22-16-14-12-10-8-6-4-2/h10,12,20-22,24,30,32,35-37,40-42H,3-9,11,13-19,23,25-29,31,33-34H2,1-2H3,(H,39,43)/b12-10+,21-20-,24-22+,32-30+. The number of hydrogen-bond donors (Lipinski definition) is 4. The van der Waals surface area contributed by atoms with Gasteiger partial charge in [-0.3, -0.25) is 4.79 Å². The molecule has 4 N–H and O–H groups in total. The summed E-state index contributed by atoms with van der Waals surface area (Å²) in [4.78, 5) is 12.4. The van der Waals surface area contributed by atoms with Crippen LogP contribution in [0.3, 0.4) is 0 Å². The quantitative estimate of drug-likeness (QED) is 0.0469. The Hall–Kier alpha value is -1.69. The summed E-state index contributed by atoms with van der Waals surface area (Å²) < 4.78 is 0. The lowest BCUT2D eigenvalue weighted by atomic mass is 10.1. The Balaban J connectivity index is 3.83. The predicted molar refractivity (Wildman–Crippen MR) is 185 cm³/mol. The third kappa shape index (κ3) is 28.8. The molecule has 0 aliphatic carbocycles. The number of unbranched alkanes of at least 4 members (excludes halogenated alkanes) is 17. The molecular weight excluding hydrogens is 534 g/mol. The fraction of sp³-hybridized carbons (Fsp3) is 0.763. The summed E-state index contributed by atoms with van der Waals surface area (Å²) in [5.41, 5.74) is 0. The highest BCUT2D eigenvalue weighted by atomic mass is 16.3. The van der Waals surface area contributed by atoms with Gasteiger partial charge in [-0.15, -0.1) is 0 Å². The van der Waals surface area contributed by atoms with Crippen LogP contribution in [0.15, 0.2) is 48.6 Å². The smallest absolute Gasteiger partial charge is 0.249 e. The minimum absolute atomic E-state index is 0.387. The molecule has 43 heavy (non-hydrogen) atoms. The van der Waals surface area contributed by atoms with Gasteiger partial charge in [0.1, 0.15) is 6.10 Å². The summed E-state index contributed by atoms with van der Waals surface area (Å²) in [5.74, 6) is -0.530. The highest BCUT2D eigenvalue weighted by molar-refractivity contribution is 5.80. The Labute approximate surface area is 266 Å². The molecule has 1 amide bonds. The maximum Gasteiger partial charge on any atom is 0.249 e. The van der Waals surface area contributed by atoms with Gasteiger partial charge >= 0.3 is 0 Å². The molecule has 0 bridgehead atoms. The van der Waals surface area contributed by atoms with Gasteiger partial charge in [0.2, 0.25) is 5.91 Å². The van der Waals surface area contributed by atoms with Crippen LogP contribution in [0.1, 0.15) is 162 Å². The van der Waals surface area contributed by atoms with Crippen molar-refractivity contribution in [2.75, 3.05) is 6.61 Å². The largest absolute Gasteiger partial charge is 0.394 e. The van der Waals surface area contributed by atoms with Crippen LogP contribution < -0.4 is 5.32 Å². The van der Waals surface area contributed by atoms with Crippen molar-refractivity contribution in [2.45, 2.75) is 180 Å². The van der Waals surface area contributed by atoms with E-state index in [1.54, 1.807) is 6.08 Å². The van der Waals surface area contributed by atoms with Gasteiger partial charge in [-0.1, -0.05) is 146 Å². The van der Waals surface area contributed by atoms with Gasteiger partial charge in [0.15, 0.2) is 0 Å². The Morgan fingerprint density at radius 3 is 1.49 bits per heavy atom. The Morgan fingerprint density at radius 2 is 0.977 bits per heavy atom. The zero-order chi connectivity index (χ0) is 31.6. The third-order valence-corrected chi connectivity index (χ3v) is 7.87. The number of nitrogens with one attached hydrogen (secondary N) is 1. The van der Waals surface area contributed by atoms with Crippen molar-refractivity contribution in [1.29, 1.82) is 0 Å². The van der Waals surface area contributed by atoms with E-state index in [0.717, 1.165) is 57.8 Å². The molecule has 0 spiro atoms. The van der Waals surface area contributed by atoms with E-state index < -0.39 is 24.2 Å². The lowest BCUT2D eigenvalue weighted by Gasteiger charge is -2.21. The van der Waals surface area contributed by atoms with E-state index in [0.29, 0.717) is 6.42 Å². The van der Waals surface area contributed by atoms with Gasteiger partial charge < -0.3 is 20.6 Å². The number of aliphatic hydroxyl groups excluding tert-OH is 3. The molecule has 0 aliphatic rings. The summed E-state index contributed by atoms with van der Waals surface area (Å²) >= 11 is 0. The third-order valence-electron chi connectivity index (χ3n) is 7.87. The molecule has 0 aliphatic heterocycles. The first kappa shape index (κ1) is 41.3. The summed E-state index contributed by atoms with van der Waals surface area (Å²) in [6, 6.07) is -0.823. The fourth-order valence-electron chi connectivity index (χ4n) is 4.96. The number of carbonyl (C=O) groups excluding carboxylic acids is 1. The average molecular weight is 604 g/mol. The topological polar surface area (TPSA) is 89.8 Å². The van der Waals surface area contributed by atoms with E-state index in [1.807, 2.05) is 6.08 Å². The number of aliphatic hydroxyl groups is 3. The maximum atomic E-state index is 12.4. The highest BCUT2D eigenvalue weighted by Crippen LogP contribution is 2.12. The van der Waals surface area contributed by atoms with Crippen LogP contribution in [0.5, 0.6) is 0 Å². The number of rotatable bonds is 31. The monoisotopic (exact) mass is 604 g/mol. The number of hydrogen-bond acceptors (Lipinski definition) is 4. The summed E-state index contributed by atoms with van der Waals surface area (Å²) in [6.45, 7) is 4.08. The minimum atomic E-state index is -1.12. The van der Waals surface area contributed by atoms with Crippen molar-refractivity contribution >= 4 is 5.91 Å². The maximum absolute atomic E-state index is 12.4. The average Bonchev–Trinajstić information content (AvgIpc) is 3.01. The molecule has 3 atom stereocenters. The predicted octanol–water partition coefficient (Wildman–Crippen LogP) is 9.42. The van der Waals surface area contributed by atoms with Crippen LogP contribution in [0, 0.1) is 0 Å². The lowest BCUT2D eigenvalue weighted by molar-refractivity contribution is -0.131. The van der Waals surface area contributed by atoms with E-state index in [1.165, 1.54) is 83.5 Å². The molecule has 3 unspecified atom stereocenters. The van der Waals surface area contributed by atoms with Gasteiger partial charge in [0.05, 0.1) is 18.8 Å². The lowest BCUT2D eigenvalue weighted by Crippen LogP contribution is -2.48. The Kier molecular flexibility index (Phi) is 31.9. The molecule has 0 aromatic heterocycles. The number of amides is 1. The molecule has 250 valence electrons. The van der Waals surface area contributed by atoms with Crippen LogP contribution in [0.25, 0.3) is 0 Å². The van der Waals surface area contributed by atoms with Gasteiger partial charge in [0.25, 0.3) is 0 Å². The Morgan fingerprint density at radius 1 is 0.558 bits per heavy atom. The van der Waals surface area contributed by atoms with Crippen molar-refractivity contribution in [3.8, 4) is 0 Å². The summed E-state index contributed by atoms with van der Waals surface area (Å²) in [6.07, 6.45) is 41.2. The first-order chi connectivity index (χ1) is 21.1. The van der Waals surface area contributed by atoms with Crippen LogP contribution in [0.4, 0.5) is 0 Å². The second-order valence-electron chi connectivity index (χ2n) is 12.1. The van der Waals surface area contributed by atoms with Crippen LogP contribution >= 0.6 is 0 Å². The molecule has 0 radical (unpaired) electrons. The second kappa shape index (κ2) is 33.2. The van der Waals surface area contributed by atoms with E-state index in [4.69, 9.17) is 0 Å². The SMILES string of the molecule is CCCC/C=C/CC/C=C/CC/C=C/C(O)C(CO)NC(=O)C(O)CCCCCC/C=C\CCCCCCCCCCC. The fourth-order valence-corrected chi connectivity index (χ4v) is 4.96. The molecule has 0 aromatic rings. The molecule has 0 rings (SSSR count). The zero-order valence-corrected chi connectivity index (χ0v) is 28.1. The van der Waals surface area contributed by atoms with Crippen molar-refractivity contribution in [3.63, 3.8) is 0 Å². The Bertz CT molecular complexity index is 715. The first-order valence-electron chi connectivity index (χ1n) is 18.0. The normalized spacial score (nSPS) is 14.4. The molecule has 0 fully saturated rings. The first-order valence-corrected chi connectivity index (χ1v) is 18.0. The zero-order valence-electron chi connectivity index (χ0n) is 28.1. The van der Waals surface area contributed by atoms with Crippen molar-refractivity contribution in [2.24, 2.45) is 0 Å². The van der Waals surface area contributed by atoms with Crippen LogP contribution in [-0.2, 0) is 4.79 Å². The van der Waals surface area contributed by atoms with Crippen LogP contribution in [-0.4, -0.2) is 46.1 Å². The summed E-state index contributed by atoms with van der Waals surface area (Å²) in [7, 11) is 0. The molecule has 0 saturated heterocycles.